The molecule has 174 valence electrons. The van der Waals surface area contributed by atoms with E-state index in [1.165, 1.54) is 6.92 Å². The predicted molar refractivity (Wildman–Crippen MR) is 76.1 cm³/mol. The zero-order chi connectivity index (χ0) is 23.9. The van der Waals surface area contributed by atoms with E-state index in [-0.39, 0.29) is 13.3 Å². The van der Waals surface area contributed by atoms with Gasteiger partial charge in [0.25, 0.3) is 23.9 Å². The maximum Gasteiger partial charge on any atom is 0.429 e. The normalized spacial score (nSPS) is 17.8. The molecule has 0 aliphatic rings. The van der Waals surface area contributed by atoms with Gasteiger partial charge in [0.2, 0.25) is 6.10 Å². The van der Waals surface area contributed by atoms with Crippen LogP contribution in [-0.4, -0.2) is 53.2 Å². The smallest absolute Gasteiger partial charge is 0.429 e. The summed E-state index contributed by atoms with van der Waals surface area (Å²) in [6.07, 6.45) is -20.2. The summed E-state index contributed by atoms with van der Waals surface area (Å²) in [5.74, 6) is -18.7. The summed E-state index contributed by atoms with van der Waals surface area (Å²) in [4.78, 5) is 11.9. The highest BCUT2D eigenvalue weighted by Gasteiger charge is 2.81. The van der Waals surface area contributed by atoms with Crippen LogP contribution in [0.2, 0.25) is 0 Å². The maximum atomic E-state index is 14.4. The number of hydrogen-bond acceptors (Lipinski definition) is 3. The first-order valence-corrected chi connectivity index (χ1v) is 7.89. The van der Waals surface area contributed by atoms with Gasteiger partial charge >= 0.3 is 18.1 Å². The third-order valence-electron chi connectivity index (χ3n) is 4.18. The van der Waals surface area contributed by atoms with E-state index in [1.54, 1.807) is 0 Å². The van der Waals surface area contributed by atoms with Gasteiger partial charge in [-0.15, -0.1) is 0 Å². The van der Waals surface area contributed by atoms with Gasteiger partial charge in [0.1, 0.15) is 0 Å². The van der Waals surface area contributed by atoms with Crippen LogP contribution in [0.15, 0.2) is 0 Å². The van der Waals surface area contributed by atoms with Crippen molar-refractivity contribution in [1.82, 2.24) is 0 Å². The molecule has 0 heterocycles. The topological polar surface area (TPSA) is 46.5 Å². The Labute approximate surface area is 158 Å². The Hall–Kier alpha value is -1.34. The van der Waals surface area contributed by atoms with Gasteiger partial charge in [-0.3, -0.25) is 4.79 Å². The highest BCUT2D eigenvalue weighted by molar-refractivity contribution is 5.76. The number of carbonyl (C=O) groups excluding carboxylic acids is 1. The zero-order valence-corrected chi connectivity index (χ0v) is 15.5. The van der Waals surface area contributed by atoms with Crippen LogP contribution in [0.1, 0.15) is 40.5 Å². The number of halogens is 11. The average Bonchev–Trinajstić information content (AvgIpc) is 2.46. The van der Waals surface area contributed by atoms with E-state index in [0.29, 0.717) is 0 Å². The Bertz CT molecular complexity index is 581. The molecule has 3 nitrogen and oxygen atoms in total. The van der Waals surface area contributed by atoms with Crippen molar-refractivity contribution in [2.75, 3.05) is 0 Å². The minimum atomic E-state index is -6.90. The van der Waals surface area contributed by atoms with Crippen molar-refractivity contribution in [3.05, 3.63) is 0 Å². The van der Waals surface area contributed by atoms with Crippen molar-refractivity contribution >= 4 is 5.97 Å². The van der Waals surface area contributed by atoms with E-state index in [4.69, 9.17) is 5.11 Å². The summed E-state index contributed by atoms with van der Waals surface area (Å²) >= 11 is 0. The monoisotopic (exact) mass is 456 g/mol. The number of ether oxygens (including phenoxy) is 1. The molecule has 0 amide bonds. The van der Waals surface area contributed by atoms with Gasteiger partial charge in [0.05, 0.1) is 11.8 Å². The summed E-state index contributed by atoms with van der Waals surface area (Å²) in [6.45, 7) is 2.87. The molecular formula is C15H19F11O3. The van der Waals surface area contributed by atoms with Crippen LogP contribution >= 0.6 is 0 Å². The molecule has 1 N–H and O–H groups in total. The number of carbonyl (C=O) groups is 1. The molecule has 0 rings (SSSR count). The molecule has 2 unspecified atom stereocenters. The van der Waals surface area contributed by atoms with Crippen molar-refractivity contribution in [3.8, 4) is 0 Å². The van der Waals surface area contributed by atoms with Crippen LogP contribution in [-0.2, 0) is 9.53 Å². The zero-order valence-electron chi connectivity index (χ0n) is 15.5. The molecule has 0 aromatic heterocycles. The summed E-state index contributed by atoms with van der Waals surface area (Å²) in [5, 5.41) is 9.02. The van der Waals surface area contributed by atoms with E-state index in [9.17, 15) is 53.1 Å². The van der Waals surface area contributed by atoms with Gasteiger partial charge in [0, 0.05) is 0 Å². The van der Waals surface area contributed by atoms with Crippen molar-refractivity contribution in [1.29, 1.82) is 0 Å². The van der Waals surface area contributed by atoms with Crippen LogP contribution in [0.4, 0.5) is 48.3 Å². The molecule has 0 aliphatic carbocycles. The number of aliphatic hydroxyl groups is 1. The third-order valence-corrected chi connectivity index (χ3v) is 4.18. The van der Waals surface area contributed by atoms with E-state index in [1.807, 2.05) is 0 Å². The van der Waals surface area contributed by atoms with Crippen molar-refractivity contribution in [2.45, 2.75) is 82.6 Å². The maximum absolute atomic E-state index is 14.4. The molecule has 2 atom stereocenters. The minimum Gasteiger partial charge on any atom is -0.449 e. The summed E-state index contributed by atoms with van der Waals surface area (Å²) < 4.78 is 151. The van der Waals surface area contributed by atoms with Crippen LogP contribution in [0.25, 0.3) is 0 Å². The van der Waals surface area contributed by atoms with E-state index < -0.39 is 59.9 Å². The molecule has 0 aromatic rings. The molecule has 0 spiro atoms. The van der Waals surface area contributed by atoms with Crippen LogP contribution in [0, 0.1) is 5.41 Å². The lowest BCUT2D eigenvalue weighted by molar-refractivity contribution is -0.394. The second kappa shape index (κ2) is 8.06. The highest BCUT2D eigenvalue weighted by Crippen LogP contribution is 2.52. The lowest BCUT2D eigenvalue weighted by Crippen LogP contribution is -2.71. The Kier molecular flexibility index (Phi) is 7.69. The molecule has 14 heteroatoms. The summed E-state index contributed by atoms with van der Waals surface area (Å²) in [5.41, 5.74) is -8.30. The fourth-order valence-electron chi connectivity index (χ4n) is 2.00. The molecule has 0 radical (unpaired) electrons. The number of hydrogen-bond donors (Lipinski definition) is 1. The summed E-state index contributed by atoms with van der Waals surface area (Å²) in [7, 11) is 0. The molecule has 29 heavy (non-hydrogen) atoms. The Morgan fingerprint density at radius 1 is 0.931 bits per heavy atom. The SMILES string of the molecule is CCC(C)(C)C(=O)OC(C(F)(F)CC(C)(F)F)C(F)(F)C(O)(C(F)F)C(F)(F)F. The summed E-state index contributed by atoms with van der Waals surface area (Å²) in [6, 6.07) is 0. The van der Waals surface area contributed by atoms with Crippen LogP contribution in [0.5, 0.6) is 0 Å². The second-order valence-corrected chi connectivity index (χ2v) is 7.22. The second-order valence-electron chi connectivity index (χ2n) is 7.22. The largest absolute Gasteiger partial charge is 0.449 e. The fourth-order valence-corrected chi connectivity index (χ4v) is 2.00. The highest BCUT2D eigenvalue weighted by atomic mass is 19.4. The molecule has 0 saturated carbocycles. The first kappa shape index (κ1) is 27.7. The standard InChI is InChI=1S/C15H19F11O3/c1-5-10(2,3)9(27)29-7(12(20,21)6-11(4,18)19)14(22,23)13(28,8(16)17)15(24,25)26/h7-8,28H,5-6H2,1-4H3. The molecule has 0 saturated heterocycles. The van der Waals surface area contributed by atoms with Gasteiger partial charge in [-0.1, -0.05) is 6.92 Å². The average molecular weight is 456 g/mol. The molecule has 0 bridgehead atoms. The lowest BCUT2D eigenvalue weighted by Gasteiger charge is -2.42. The van der Waals surface area contributed by atoms with E-state index in [0.717, 1.165) is 13.8 Å². The van der Waals surface area contributed by atoms with Gasteiger partial charge in [-0.25, -0.2) is 26.3 Å². The molecular weight excluding hydrogens is 437 g/mol. The van der Waals surface area contributed by atoms with Crippen molar-refractivity contribution < 1.29 is 62.9 Å². The first-order valence-electron chi connectivity index (χ1n) is 7.89. The quantitative estimate of drug-likeness (QED) is 0.383. The number of rotatable bonds is 9. The predicted octanol–water partition coefficient (Wildman–Crippen LogP) is 5.21. The van der Waals surface area contributed by atoms with Gasteiger partial charge < -0.3 is 9.84 Å². The Balaban J connectivity index is 6.66. The lowest BCUT2D eigenvalue weighted by atomic mass is 9.85. The number of alkyl halides is 11. The number of esters is 1. The fraction of sp³-hybridized carbons (Fsp3) is 0.933. The van der Waals surface area contributed by atoms with Crippen LogP contribution < -0.4 is 0 Å². The Morgan fingerprint density at radius 3 is 1.62 bits per heavy atom. The van der Waals surface area contributed by atoms with Crippen molar-refractivity contribution in [2.24, 2.45) is 5.41 Å². The molecule has 0 aromatic carbocycles. The molecule has 0 aliphatic heterocycles. The van der Waals surface area contributed by atoms with Gasteiger partial charge in [-0.2, -0.15) is 22.0 Å². The van der Waals surface area contributed by atoms with E-state index in [2.05, 4.69) is 4.74 Å². The minimum absolute atomic E-state index is 0.211. The van der Waals surface area contributed by atoms with Gasteiger partial charge in [-0.05, 0) is 27.2 Å². The van der Waals surface area contributed by atoms with Gasteiger partial charge in [0.15, 0.2) is 0 Å². The first-order chi connectivity index (χ1) is 12.5. The Morgan fingerprint density at radius 2 is 1.34 bits per heavy atom. The van der Waals surface area contributed by atoms with Crippen molar-refractivity contribution in [3.63, 3.8) is 0 Å². The molecule has 0 fully saturated rings. The third kappa shape index (κ3) is 5.63. The van der Waals surface area contributed by atoms with Crippen LogP contribution in [0.3, 0.4) is 0 Å². The van der Waals surface area contributed by atoms with E-state index >= 15 is 0 Å².